The quantitative estimate of drug-likeness (QED) is 0.915. The van der Waals surface area contributed by atoms with E-state index in [2.05, 4.69) is 0 Å². The fourth-order valence-corrected chi connectivity index (χ4v) is 1.91. The summed E-state index contributed by atoms with van der Waals surface area (Å²) in [6.07, 6.45) is 0. The van der Waals surface area contributed by atoms with Gasteiger partial charge in [-0.3, -0.25) is 0 Å². The predicted molar refractivity (Wildman–Crippen MR) is 74.8 cm³/mol. The molecule has 4 heteroatoms. The molecule has 1 atom stereocenters. The first-order chi connectivity index (χ1) is 9.08. The van der Waals surface area contributed by atoms with E-state index in [4.69, 9.17) is 22.1 Å². The molecule has 2 aromatic rings. The molecule has 2 rings (SSSR count). The summed E-state index contributed by atoms with van der Waals surface area (Å²) < 4.78 is 19.1. The number of rotatable bonds is 4. The predicted octanol–water partition coefficient (Wildman–Crippen LogP) is 4.08. The van der Waals surface area contributed by atoms with Gasteiger partial charge in [0.15, 0.2) is 0 Å². The van der Waals surface area contributed by atoms with Crippen molar-refractivity contribution in [2.45, 2.75) is 19.6 Å². The van der Waals surface area contributed by atoms with Crippen LogP contribution in [0.1, 0.15) is 24.1 Å². The van der Waals surface area contributed by atoms with Gasteiger partial charge in [0.1, 0.15) is 18.2 Å². The molecule has 0 saturated carbocycles. The molecule has 0 radical (unpaired) electrons. The molecule has 0 bridgehead atoms. The van der Waals surface area contributed by atoms with Crippen molar-refractivity contribution in [2.75, 3.05) is 0 Å². The minimum Gasteiger partial charge on any atom is -0.489 e. The topological polar surface area (TPSA) is 35.2 Å². The zero-order valence-corrected chi connectivity index (χ0v) is 11.3. The number of hydrogen-bond donors (Lipinski definition) is 1. The normalized spacial score (nSPS) is 12.2. The van der Waals surface area contributed by atoms with Crippen LogP contribution in [0.3, 0.4) is 0 Å². The van der Waals surface area contributed by atoms with E-state index in [0.717, 1.165) is 5.56 Å². The standard InChI is InChI=1S/C15H15ClFNO/c1-10(18)11-5-7-12(8-6-11)19-9-13-14(16)3-2-4-15(13)17/h2-8,10H,9,18H2,1H3/t10-/m1/s1. The van der Waals surface area contributed by atoms with Crippen LogP contribution < -0.4 is 10.5 Å². The van der Waals surface area contributed by atoms with Gasteiger partial charge in [-0.15, -0.1) is 0 Å². The number of halogens is 2. The van der Waals surface area contributed by atoms with Crippen molar-refractivity contribution >= 4 is 11.6 Å². The highest BCUT2D eigenvalue weighted by Gasteiger charge is 2.07. The first kappa shape index (κ1) is 13.8. The lowest BCUT2D eigenvalue weighted by atomic mass is 10.1. The van der Waals surface area contributed by atoms with Crippen molar-refractivity contribution in [2.24, 2.45) is 5.73 Å². The number of benzene rings is 2. The van der Waals surface area contributed by atoms with Crippen LogP contribution in [-0.4, -0.2) is 0 Å². The van der Waals surface area contributed by atoms with Crippen LogP contribution in [0.15, 0.2) is 42.5 Å². The molecule has 0 aliphatic heterocycles. The summed E-state index contributed by atoms with van der Waals surface area (Å²) >= 11 is 5.93. The molecular weight excluding hydrogens is 265 g/mol. The molecule has 2 nitrogen and oxygen atoms in total. The number of ether oxygens (including phenoxy) is 1. The second-order valence-corrected chi connectivity index (χ2v) is 4.75. The van der Waals surface area contributed by atoms with E-state index in [-0.39, 0.29) is 18.5 Å². The molecule has 0 saturated heterocycles. The van der Waals surface area contributed by atoms with Crippen LogP contribution in [-0.2, 0) is 6.61 Å². The van der Waals surface area contributed by atoms with Gasteiger partial charge in [-0.2, -0.15) is 0 Å². The smallest absolute Gasteiger partial charge is 0.131 e. The van der Waals surface area contributed by atoms with Gasteiger partial charge >= 0.3 is 0 Å². The summed E-state index contributed by atoms with van der Waals surface area (Å²) in [6, 6.07) is 12.0. The van der Waals surface area contributed by atoms with Crippen molar-refractivity contribution in [1.29, 1.82) is 0 Å². The molecule has 2 N–H and O–H groups in total. The maximum atomic E-state index is 13.5. The molecule has 0 aliphatic carbocycles. The van der Waals surface area contributed by atoms with Gasteiger partial charge < -0.3 is 10.5 Å². The van der Waals surface area contributed by atoms with Crippen LogP contribution in [0.2, 0.25) is 5.02 Å². The van der Waals surface area contributed by atoms with E-state index in [1.54, 1.807) is 12.1 Å². The maximum absolute atomic E-state index is 13.5. The molecule has 2 aromatic carbocycles. The monoisotopic (exact) mass is 279 g/mol. The van der Waals surface area contributed by atoms with Gasteiger partial charge in [0.2, 0.25) is 0 Å². The van der Waals surface area contributed by atoms with Crippen LogP contribution in [0.4, 0.5) is 4.39 Å². The van der Waals surface area contributed by atoms with Gasteiger partial charge in [-0.05, 0) is 36.8 Å². The van der Waals surface area contributed by atoms with E-state index in [1.165, 1.54) is 6.07 Å². The lowest BCUT2D eigenvalue weighted by Gasteiger charge is -2.10. The average Bonchev–Trinajstić information content (AvgIpc) is 2.38. The van der Waals surface area contributed by atoms with Crippen molar-refractivity contribution in [3.8, 4) is 5.75 Å². The largest absolute Gasteiger partial charge is 0.489 e. The van der Waals surface area contributed by atoms with Gasteiger partial charge in [-0.1, -0.05) is 29.8 Å². The molecule has 0 fully saturated rings. The molecule has 0 heterocycles. The Morgan fingerprint density at radius 1 is 1.21 bits per heavy atom. The van der Waals surface area contributed by atoms with Gasteiger partial charge in [0, 0.05) is 11.6 Å². The Balaban J connectivity index is 2.06. The Kier molecular flexibility index (Phi) is 4.40. The zero-order valence-electron chi connectivity index (χ0n) is 10.6. The first-order valence-electron chi connectivity index (χ1n) is 5.99. The molecular formula is C15H15ClFNO. The average molecular weight is 280 g/mol. The molecule has 0 aliphatic rings. The minimum absolute atomic E-state index is 0.0185. The second kappa shape index (κ2) is 6.04. The van der Waals surface area contributed by atoms with Crippen LogP contribution in [0, 0.1) is 5.82 Å². The summed E-state index contributed by atoms with van der Waals surface area (Å²) in [5.41, 5.74) is 7.15. The molecule has 19 heavy (non-hydrogen) atoms. The Morgan fingerprint density at radius 2 is 1.89 bits per heavy atom. The lowest BCUT2D eigenvalue weighted by molar-refractivity contribution is 0.300. The third-order valence-electron chi connectivity index (χ3n) is 2.85. The number of nitrogens with two attached hydrogens (primary N) is 1. The maximum Gasteiger partial charge on any atom is 0.131 e. The van der Waals surface area contributed by atoms with Gasteiger partial charge in [-0.25, -0.2) is 4.39 Å². The molecule has 0 spiro atoms. The van der Waals surface area contributed by atoms with Crippen molar-refractivity contribution in [3.63, 3.8) is 0 Å². The van der Waals surface area contributed by atoms with E-state index in [1.807, 2.05) is 31.2 Å². The summed E-state index contributed by atoms with van der Waals surface area (Å²) in [5.74, 6) is 0.295. The fraction of sp³-hybridized carbons (Fsp3) is 0.200. The molecule has 0 unspecified atom stereocenters. The summed E-state index contributed by atoms with van der Waals surface area (Å²) in [7, 11) is 0. The van der Waals surface area contributed by atoms with Crippen molar-refractivity contribution in [1.82, 2.24) is 0 Å². The highest BCUT2D eigenvalue weighted by atomic mass is 35.5. The molecule has 0 aromatic heterocycles. The van der Waals surface area contributed by atoms with Gasteiger partial charge in [0.05, 0.1) is 5.02 Å². The first-order valence-corrected chi connectivity index (χ1v) is 6.37. The van der Waals surface area contributed by atoms with Crippen molar-refractivity contribution < 1.29 is 9.13 Å². The SMILES string of the molecule is C[C@@H](N)c1ccc(OCc2c(F)cccc2Cl)cc1. The zero-order chi connectivity index (χ0) is 13.8. The highest BCUT2D eigenvalue weighted by Crippen LogP contribution is 2.22. The Labute approximate surface area is 117 Å². The van der Waals surface area contributed by atoms with Gasteiger partial charge in [0.25, 0.3) is 0 Å². The van der Waals surface area contributed by atoms with E-state index < -0.39 is 0 Å². The second-order valence-electron chi connectivity index (χ2n) is 4.35. The summed E-state index contributed by atoms with van der Waals surface area (Å²) in [4.78, 5) is 0. The van der Waals surface area contributed by atoms with Crippen LogP contribution >= 0.6 is 11.6 Å². The van der Waals surface area contributed by atoms with Crippen LogP contribution in [0.25, 0.3) is 0 Å². The minimum atomic E-state index is -0.361. The Morgan fingerprint density at radius 3 is 2.47 bits per heavy atom. The van der Waals surface area contributed by atoms with Crippen molar-refractivity contribution in [3.05, 3.63) is 64.4 Å². The van der Waals surface area contributed by atoms with E-state index >= 15 is 0 Å². The third-order valence-corrected chi connectivity index (χ3v) is 3.20. The fourth-order valence-electron chi connectivity index (χ4n) is 1.69. The molecule has 0 amide bonds. The highest BCUT2D eigenvalue weighted by molar-refractivity contribution is 6.31. The Bertz CT molecular complexity index is 534. The van der Waals surface area contributed by atoms with E-state index in [9.17, 15) is 4.39 Å². The van der Waals surface area contributed by atoms with Crippen LogP contribution in [0.5, 0.6) is 5.75 Å². The third kappa shape index (κ3) is 3.46. The van der Waals surface area contributed by atoms with E-state index in [0.29, 0.717) is 16.3 Å². The lowest BCUT2D eigenvalue weighted by Crippen LogP contribution is -2.04. The number of hydrogen-bond acceptors (Lipinski definition) is 2. The summed E-state index contributed by atoms with van der Waals surface area (Å²) in [6.45, 7) is 2.01. The summed E-state index contributed by atoms with van der Waals surface area (Å²) in [5, 5.41) is 0.368. The Hall–Kier alpha value is -1.58. The molecule has 100 valence electrons.